The van der Waals surface area contributed by atoms with Gasteiger partial charge in [-0.15, -0.1) is 0 Å². The quantitative estimate of drug-likeness (QED) is 0.393. The van der Waals surface area contributed by atoms with E-state index >= 15 is 0 Å². The summed E-state index contributed by atoms with van der Waals surface area (Å²) >= 11 is 0. The van der Waals surface area contributed by atoms with E-state index in [1.54, 1.807) is 12.1 Å². The van der Waals surface area contributed by atoms with Crippen molar-refractivity contribution in [2.45, 2.75) is 26.9 Å². The zero-order chi connectivity index (χ0) is 22.7. The predicted octanol–water partition coefficient (Wildman–Crippen LogP) is 3.84. The Bertz CT molecular complexity index is 1230. The van der Waals surface area contributed by atoms with Crippen LogP contribution in [0.4, 0.5) is 11.6 Å². The number of rotatable bonds is 8. The topological polar surface area (TPSA) is 86.4 Å². The normalized spacial score (nSPS) is 11.1. The number of aromatic nitrogens is 3. The van der Waals surface area contributed by atoms with Gasteiger partial charge in [0, 0.05) is 31.5 Å². The fourth-order valence-corrected chi connectivity index (χ4v) is 3.95. The van der Waals surface area contributed by atoms with Gasteiger partial charge in [0.25, 0.3) is 0 Å². The number of imidazole rings is 1. The average Bonchev–Trinajstić information content (AvgIpc) is 3.13. The molecule has 0 aliphatic rings. The van der Waals surface area contributed by atoms with Crippen LogP contribution in [0.15, 0.2) is 54.6 Å². The Morgan fingerprint density at radius 3 is 2.62 bits per heavy atom. The summed E-state index contributed by atoms with van der Waals surface area (Å²) in [6.45, 7) is 5.67. The van der Waals surface area contributed by atoms with Crippen molar-refractivity contribution in [3.63, 3.8) is 0 Å². The first-order chi connectivity index (χ1) is 15.5. The smallest absolute Gasteiger partial charge is 0.203 e. The molecule has 7 nitrogen and oxygen atoms in total. The van der Waals surface area contributed by atoms with Gasteiger partial charge in [-0.2, -0.15) is 0 Å². The van der Waals surface area contributed by atoms with Crippen LogP contribution in [0.25, 0.3) is 11.0 Å². The summed E-state index contributed by atoms with van der Waals surface area (Å²) < 4.78 is 2.03. The van der Waals surface area contributed by atoms with Crippen molar-refractivity contribution in [3.8, 4) is 5.75 Å². The Morgan fingerprint density at radius 1 is 1.03 bits per heavy atom. The van der Waals surface area contributed by atoms with E-state index in [4.69, 9.17) is 4.98 Å². The molecule has 0 spiro atoms. The third-order valence-corrected chi connectivity index (χ3v) is 5.54. The van der Waals surface area contributed by atoms with Gasteiger partial charge in [0.15, 0.2) is 0 Å². The third kappa shape index (κ3) is 4.53. The minimum atomic E-state index is 0.0797. The second-order valence-electron chi connectivity index (χ2n) is 8.00. The van der Waals surface area contributed by atoms with Crippen molar-refractivity contribution in [2.75, 3.05) is 30.4 Å². The van der Waals surface area contributed by atoms with Crippen molar-refractivity contribution < 1.29 is 10.2 Å². The number of nitrogens with one attached hydrogen (secondary N) is 1. The minimum absolute atomic E-state index is 0.0797. The van der Waals surface area contributed by atoms with Crippen LogP contribution in [0.1, 0.15) is 22.5 Å². The maximum absolute atomic E-state index is 10.3. The average molecular weight is 432 g/mol. The Kier molecular flexibility index (Phi) is 6.28. The van der Waals surface area contributed by atoms with Gasteiger partial charge in [0.2, 0.25) is 5.95 Å². The van der Waals surface area contributed by atoms with E-state index in [1.807, 2.05) is 30.7 Å². The molecule has 0 fully saturated rings. The Balaban J connectivity index is 1.71. The van der Waals surface area contributed by atoms with Gasteiger partial charge in [0.1, 0.15) is 11.4 Å². The van der Waals surface area contributed by atoms with Crippen LogP contribution in [-0.4, -0.2) is 44.9 Å². The second kappa shape index (κ2) is 9.28. The van der Waals surface area contributed by atoms with Crippen molar-refractivity contribution in [1.29, 1.82) is 0 Å². The summed E-state index contributed by atoms with van der Waals surface area (Å²) in [5, 5.41) is 23.1. The third-order valence-electron chi connectivity index (χ3n) is 5.54. The van der Waals surface area contributed by atoms with Gasteiger partial charge in [-0.3, -0.25) is 4.98 Å². The summed E-state index contributed by atoms with van der Waals surface area (Å²) in [4.78, 5) is 11.4. The summed E-state index contributed by atoms with van der Waals surface area (Å²) in [5.41, 5.74) is 6.66. The SMILES string of the molecule is CNc1nc2ccc(CN(CCO)c3cccc(C)c3)cc2n1Cc1nc(C)ccc1O. The number of aliphatic hydroxyl groups is 1. The molecule has 2 heterocycles. The summed E-state index contributed by atoms with van der Waals surface area (Å²) in [6.07, 6.45) is 0. The van der Waals surface area contributed by atoms with Crippen molar-refractivity contribution in [1.82, 2.24) is 14.5 Å². The maximum Gasteiger partial charge on any atom is 0.203 e. The molecule has 0 unspecified atom stereocenters. The number of aryl methyl sites for hydroxylation is 2. The fourth-order valence-electron chi connectivity index (χ4n) is 3.95. The lowest BCUT2D eigenvalue weighted by atomic mass is 10.1. The molecule has 2 aromatic heterocycles. The monoisotopic (exact) mass is 431 g/mol. The Labute approximate surface area is 188 Å². The highest BCUT2D eigenvalue weighted by Gasteiger charge is 2.15. The number of hydrogen-bond acceptors (Lipinski definition) is 6. The summed E-state index contributed by atoms with van der Waals surface area (Å²) in [5.74, 6) is 0.884. The van der Waals surface area contributed by atoms with E-state index in [9.17, 15) is 10.2 Å². The molecule has 7 heteroatoms. The number of benzene rings is 2. The number of aromatic hydroxyl groups is 1. The number of fused-ring (bicyclic) bond motifs is 1. The predicted molar refractivity (Wildman–Crippen MR) is 128 cm³/mol. The zero-order valence-corrected chi connectivity index (χ0v) is 18.7. The highest BCUT2D eigenvalue weighted by atomic mass is 16.3. The first-order valence-corrected chi connectivity index (χ1v) is 10.7. The highest BCUT2D eigenvalue weighted by Crippen LogP contribution is 2.26. The first-order valence-electron chi connectivity index (χ1n) is 10.7. The van der Waals surface area contributed by atoms with Gasteiger partial charge < -0.3 is 25.0 Å². The lowest BCUT2D eigenvalue weighted by Crippen LogP contribution is -2.26. The summed E-state index contributed by atoms with van der Waals surface area (Å²) in [7, 11) is 1.84. The second-order valence-corrected chi connectivity index (χ2v) is 8.00. The van der Waals surface area contributed by atoms with E-state index in [-0.39, 0.29) is 12.4 Å². The molecule has 166 valence electrons. The largest absolute Gasteiger partial charge is 0.506 e. The van der Waals surface area contributed by atoms with Crippen LogP contribution >= 0.6 is 0 Å². The van der Waals surface area contributed by atoms with Gasteiger partial charge in [-0.05, 0) is 61.4 Å². The van der Waals surface area contributed by atoms with Crippen molar-refractivity contribution in [2.24, 2.45) is 0 Å². The van der Waals surface area contributed by atoms with E-state index < -0.39 is 0 Å². The molecule has 0 amide bonds. The van der Waals surface area contributed by atoms with Gasteiger partial charge >= 0.3 is 0 Å². The standard InChI is InChI=1S/C25H29N5O2/c1-17-5-4-6-20(13-17)29(11-12-31)15-19-8-9-21-23(14-19)30(25(26-3)28-21)16-22-24(32)10-7-18(2)27-22/h4-10,13-14,31-32H,11-12,15-16H2,1-3H3,(H,26,28). The van der Waals surface area contributed by atoms with Crippen LogP contribution in [0.2, 0.25) is 0 Å². The number of pyridine rings is 1. The molecule has 0 aliphatic heterocycles. The van der Waals surface area contributed by atoms with Crippen LogP contribution in [0.5, 0.6) is 5.75 Å². The van der Waals surface area contributed by atoms with Gasteiger partial charge in [-0.25, -0.2) is 4.98 Å². The van der Waals surface area contributed by atoms with E-state index in [0.717, 1.165) is 28.0 Å². The van der Waals surface area contributed by atoms with Crippen molar-refractivity contribution >= 4 is 22.7 Å². The zero-order valence-electron chi connectivity index (χ0n) is 18.7. The van der Waals surface area contributed by atoms with E-state index in [1.165, 1.54) is 5.56 Å². The molecule has 3 N–H and O–H groups in total. The number of nitrogens with zero attached hydrogens (tertiary/aromatic N) is 4. The highest BCUT2D eigenvalue weighted by molar-refractivity contribution is 5.79. The molecular weight excluding hydrogens is 402 g/mol. The molecule has 4 rings (SSSR count). The molecule has 0 bridgehead atoms. The van der Waals surface area contributed by atoms with Crippen LogP contribution in [-0.2, 0) is 13.1 Å². The maximum atomic E-state index is 10.3. The Hall–Kier alpha value is -3.58. The molecule has 0 radical (unpaired) electrons. The van der Waals surface area contributed by atoms with Crippen LogP contribution < -0.4 is 10.2 Å². The summed E-state index contributed by atoms with van der Waals surface area (Å²) in [6, 6.07) is 18.0. The molecule has 4 aromatic rings. The minimum Gasteiger partial charge on any atom is -0.506 e. The molecule has 0 saturated carbocycles. The molecule has 2 aromatic carbocycles. The lowest BCUT2D eigenvalue weighted by Gasteiger charge is -2.24. The fraction of sp³-hybridized carbons (Fsp3) is 0.280. The van der Waals surface area contributed by atoms with E-state index in [0.29, 0.717) is 31.3 Å². The van der Waals surface area contributed by atoms with Gasteiger partial charge in [0.05, 0.1) is 24.2 Å². The van der Waals surface area contributed by atoms with Crippen molar-refractivity contribution in [3.05, 3.63) is 77.1 Å². The molecule has 0 aliphatic carbocycles. The molecular formula is C25H29N5O2. The van der Waals surface area contributed by atoms with E-state index in [2.05, 4.69) is 52.5 Å². The first kappa shape index (κ1) is 21.6. The number of aliphatic hydroxyl groups excluding tert-OH is 1. The molecule has 0 saturated heterocycles. The lowest BCUT2D eigenvalue weighted by molar-refractivity contribution is 0.301. The van der Waals surface area contributed by atoms with Gasteiger partial charge in [-0.1, -0.05) is 18.2 Å². The Morgan fingerprint density at radius 2 is 1.88 bits per heavy atom. The number of hydrogen-bond donors (Lipinski definition) is 3. The number of anilines is 2. The molecule has 0 atom stereocenters. The molecule has 32 heavy (non-hydrogen) atoms. The van der Waals surface area contributed by atoms with Crippen LogP contribution in [0, 0.1) is 13.8 Å². The van der Waals surface area contributed by atoms with Crippen LogP contribution in [0.3, 0.4) is 0 Å².